The Morgan fingerprint density at radius 3 is 2.70 bits per heavy atom. The van der Waals surface area contributed by atoms with Gasteiger partial charge >= 0.3 is 6.03 Å². The number of carbonyl (C=O) groups excluding carboxylic acids is 3. The molecule has 1 aromatic rings. The van der Waals surface area contributed by atoms with Gasteiger partial charge in [-0.1, -0.05) is 33.1 Å². The molecule has 148 valence electrons. The Morgan fingerprint density at radius 2 is 2.04 bits per heavy atom. The van der Waals surface area contributed by atoms with Crippen molar-refractivity contribution in [3.05, 3.63) is 21.4 Å². The van der Waals surface area contributed by atoms with E-state index in [4.69, 9.17) is 0 Å². The van der Waals surface area contributed by atoms with Crippen molar-refractivity contribution in [2.45, 2.75) is 70.8 Å². The predicted molar refractivity (Wildman–Crippen MR) is 106 cm³/mol. The van der Waals surface area contributed by atoms with Crippen LogP contribution in [-0.2, 0) is 17.6 Å². The summed E-state index contributed by atoms with van der Waals surface area (Å²) in [6.07, 6.45) is 7.03. The molecular formula is C20H29N3O3S. The van der Waals surface area contributed by atoms with Gasteiger partial charge in [0.15, 0.2) is 0 Å². The molecule has 0 radical (unpaired) electrons. The van der Waals surface area contributed by atoms with Crippen LogP contribution >= 0.6 is 11.3 Å². The summed E-state index contributed by atoms with van der Waals surface area (Å²) >= 11 is 1.57. The Bertz CT molecular complexity index is 722. The fraction of sp³-hybridized carbons (Fsp3) is 0.650. The Labute approximate surface area is 164 Å². The first-order valence-electron chi connectivity index (χ1n) is 10.0. The highest BCUT2D eigenvalue weighted by atomic mass is 32.1. The van der Waals surface area contributed by atoms with Crippen molar-refractivity contribution >= 4 is 29.2 Å². The zero-order valence-corrected chi connectivity index (χ0v) is 17.0. The first-order valence-corrected chi connectivity index (χ1v) is 10.9. The van der Waals surface area contributed by atoms with E-state index in [2.05, 4.69) is 24.5 Å². The Morgan fingerprint density at radius 1 is 1.30 bits per heavy atom. The highest BCUT2D eigenvalue weighted by Gasteiger charge is 2.51. The Balaban J connectivity index is 1.48. The largest absolute Gasteiger partial charge is 0.351 e. The molecule has 4 amide bonds. The molecule has 0 atom stereocenters. The SMILES string of the molecule is CCCc1sc(C(=O)NCCCN2C(=O)NC3(CCCC3)C2=O)cc1CC. The van der Waals surface area contributed by atoms with E-state index < -0.39 is 5.54 Å². The van der Waals surface area contributed by atoms with Crippen LogP contribution in [-0.4, -0.2) is 41.4 Å². The summed E-state index contributed by atoms with van der Waals surface area (Å²) < 4.78 is 0. The molecule has 2 aliphatic rings. The second kappa shape index (κ2) is 8.42. The van der Waals surface area contributed by atoms with Gasteiger partial charge in [0, 0.05) is 18.0 Å². The number of nitrogens with one attached hydrogen (secondary N) is 2. The number of aryl methyl sites for hydroxylation is 2. The van der Waals surface area contributed by atoms with Crippen LogP contribution in [0.2, 0.25) is 0 Å². The number of carbonyl (C=O) groups is 3. The lowest BCUT2D eigenvalue weighted by molar-refractivity contribution is -0.131. The van der Waals surface area contributed by atoms with Gasteiger partial charge in [-0.2, -0.15) is 0 Å². The molecule has 3 rings (SSSR count). The van der Waals surface area contributed by atoms with E-state index in [0.29, 0.717) is 19.5 Å². The summed E-state index contributed by atoms with van der Waals surface area (Å²) in [7, 11) is 0. The van der Waals surface area contributed by atoms with Crippen molar-refractivity contribution in [1.82, 2.24) is 15.5 Å². The van der Waals surface area contributed by atoms with Gasteiger partial charge in [0.25, 0.3) is 11.8 Å². The molecule has 1 aliphatic heterocycles. The van der Waals surface area contributed by atoms with Crippen LogP contribution in [0.3, 0.4) is 0 Å². The fourth-order valence-corrected chi connectivity index (χ4v) is 5.31. The number of hydrogen-bond acceptors (Lipinski definition) is 4. The second-order valence-corrected chi connectivity index (χ2v) is 8.58. The summed E-state index contributed by atoms with van der Waals surface area (Å²) in [5.74, 6) is -0.159. The van der Waals surface area contributed by atoms with Crippen molar-refractivity contribution < 1.29 is 14.4 Å². The van der Waals surface area contributed by atoms with E-state index in [0.717, 1.165) is 49.8 Å². The predicted octanol–water partition coefficient (Wildman–Crippen LogP) is 3.25. The third kappa shape index (κ3) is 4.03. The molecule has 2 N–H and O–H groups in total. The van der Waals surface area contributed by atoms with Crippen LogP contribution in [0.1, 0.15) is 72.5 Å². The second-order valence-electron chi connectivity index (χ2n) is 7.45. The third-order valence-electron chi connectivity index (χ3n) is 5.53. The number of thiophene rings is 1. The molecule has 1 aliphatic carbocycles. The Hall–Kier alpha value is -1.89. The van der Waals surface area contributed by atoms with Crippen LogP contribution in [0, 0.1) is 0 Å². The molecule has 1 aromatic heterocycles. The van der Waals surface area contributed by atoms with Gasteiger partial charge in [0.2, 0.25) is 0 Å². The molecule has 6 nitrogen and oxygen atoms in total. The quantitative estimate of drug-likeness (QED) is 0.527. The minimum Gasteiger partial charge on any atom is -0.351 e. The van der Waals surface area contributed by atoms with Gasteiger partial charge in [0.05, 0.1) is 4.88 Å². The van der Waals surface area contributed by atoms with E-state index in [1.54, 1.807) is 11.3 Å². The zero-order chi connectivity index (χ0) is 19.4. The fourth-order valence-electron chi connectivity index (χ4n) is 4.04. The molecule has 7 heteroatoms. The Kier molecular flexibility index (Phi) is 6.19. The van der Waals surface area contributed by atoms with Gasteiger partial charge in [0.1, 0.15) is 5.54 Å². The molecule has 2 fully saturated rings. The monoisotopic (exact) mass is 391 g/mol. The molecule has 27 heavy (non-hydrogen) atoms. The van der Waals surface area contributed by atoms with Crippen LogP contribution in [0.15, 0.2) is 6.07 Å². The first kappa shape index (κ1) is 19.9. The van der Waals surface area contributed by atoms with E-state index >= 15 is 0 Å². The average Bonchev–Trinajstić information content (AvgIpc) is 3.33. The van der Waals surface area contributed by atoms with Crippen molar-refractivity contribution in [1.29, 1.82) is 0 Å². The van der Waals surface area contributed by atoms with Crippen molar-refractivity contribution in [3.8, 4) is 0 Å². The summed E-state index contributed by atoms with van der Waals surface area (Å²) in [4.78, 5) is 40.5. The van der Waals surface area contributed by atoms with Crippen LogP contribution in [0.4, 0.5) is 4.79 Å². The maximum Gasteiger partial charge on any atom is 0.325 e. The lowest BCUT2D eigenvalue weighted by Gasteiger charge is -2.20. The maximum atomic E-state index is 12.6. The summed E-state index contributed by atoms with van der Waals surface area (Å²) in [5, 5.41) is 5.81. The maximum absolute atomic E-state index is 12.6. The van der Waals surface area contributed by atoms with E-state index in [1.807, 2.05) is 6.07 Å². The van der Waals surface area contributed by atoms with Crippen LogP contribution in [0.25, 0.3) is 0 Å². The van der Waals surface area contributed by atoms with Crippen LogP contribution in [0.5, 0.6) is 0 Å². The molecule has 1 spiro atoms. The standard InChI is InChI=1S/C20H29N3O3S/c1-3-8-15-14(4-2)13-16(27-15)17(24)21-11-7-12-23-18(25)20(22-19(23)26)9-5-6-10-20/h13H,3-12H2,1-2H3,(H,21,24)(H,22,26). The molecule has 0 bridgehead atoms. The molecular weight excluding hydrogens is 362 g/mol. The molecule has 2 heterocycles. The van der Waals surface area contributed by atoms with Crippen molar-refractivity contribution in [2.24, 2.45) is 0 Å². The van der Waals surface area contributed by atoms with E-state index in [9.17, 15) is 14.4 Å². The summed E-state index contributed by atoms with van der Waals surface area (Å²) in [6, 6.07) is 1.70. The minimum absolute atomic E-state index is 0.0680. The van der Waals surface area contributed by atoms with E-state index in [1.165, 1.54) is 15.3 Å². The average molecular weight is 392 g/mol. The number of urea groups is 1. The smallest absolute Gasteiger partial charge is 0.325 e. The minimum atomic E-state index is -0.649. The number of imide groups is 1. The normalized spacial score (nSPS) is 18.4. The zero-order valence-electron chi connectivity index (χ0n) is 16.2. The lowest BCUT2D eigenvalue weighted by Crippen LogP contribution is -2.44. The van der Waals surface area contributed by atoms with Crippen molar-refractivity contribution in [3.63, 3.8) is 0 Å². The summed E-state index contributed by atoms with van der Waals surface area (Å²) in [6.45, 7) is 5.05. The first-order chi connectivity index (χ1) is 13.0. The molecule has 0 aromatic carbocycles. The number of amides is 4. The number of nitrogens with zero attached hydrogens (tertiary/aromatic N) is 1. The van der Waals surface area contributed by atoms with Gasteiger partial charge in [-0.25, -0.2) is 4.79 Å². The lowest BCUT2D eigenvalue weighted by atomic mass is 9.98. The molecule has 1 saturated heterocycles. The van der Waals surface area contributed by atoms with Gasteiger partial charge in [-0.15, -0.1) is 11.3 Å². The highest BCUT2D eigenvalue weighted by Crippen LogP contribution is 2.35. The summed E-state index contributed by atoms with van der Waals surface area (Å²) in [5.41, 5.74) is 0.608. The van der Waals surface area contributed by atoms with Crippen LogP contribution < -0.4 is 10.6 Å². The van der Waals surface area contributed by atoms with Gasteiger partial charge in [-0.3, -0.25) is 14.5 Å². The van der Waals surface area contributed by atoms with Crippen molar-refractivity contribution in [2.75, 3.05) is 13.1 Å². The molecule has 0 unspecified atom stereocenters. The number of hydrogen-bond donors (Lipinski definition) is 2. The van der Waals surface area contributed by atoms with Gasteiger partial charge in [-0.05, 0) is 43.7 Å². The van der Waals surface area contributed by atoms with E-state index in [-0.39, 0.29) is 17.8 Å². The number of rotatable bonds is 8. The molecule has 1 saturated carbocycles. The third-order valence-corrected chi connectivity index (χ3v) is 6.76. The van der Waals surface area contributed by atoms with Gasteiger partial charge < -0.3 is 10.6 Å². The topological polar surface area (TPSA) is 78.5 Å². The highest BCUT2D eigenvalue weighted by molar-refractivity contribution is 7.14.